The lowest BCUT2D eigenvalue weighted by Crippen LogP contribution is -2.52. The van der Waals surface area contributed by atoms with Crippen molar-refractivity contribution in [2.24, 2.45) is 0 Å². The highest BCUT2D eigenvalue weighted by atomic mass is 16.5. The molecule has 3 heterocycles. The number of aromatic nitrogens is 4. The maximum absolute atomic E-state index is 12.9. The van der Waals surface area contributed by atoms with E-state index in [4.69, 9.17) is 4.74 Å². The predicted molar refractivity (Wildman–Crippen MR) is 112 cm³/mol. The molecule has 0 saturated carbocycles. The van der Waals surface area contributed by atoms with Gasteiger partial charge in [0.15, 0.2) is 5.54 Å². The lowest BCUT2D eigenvalue weighted by atomic mass is 9.87. The van der Waals surface area contributed by atoms with Crippen LogP contribution in [-0.2, 0) is 15.1 Å². The van der Waals surface area contributed by atoms with Crippen LogP contribution in [0.15, 0.2) is 48.8 Å². The van der Waals surface area contributed by atoms with E-state index in [0.29, 0.717) is 43.8 Å². The van der Waals surface area contributed by atoms with Gasteiger partial charge >= 0.3 is 5.97 Å². The molecule has 0 unspecified atom stereocenters. The molecular formula is C22H25N5O3. The normalized spacial score (nSPS) is 15.7. The molecular weight excluding hydrogens is 382 g/mol. The van der Waals surface area contributed by atoms with E-state index in [1.807, 2.05) is 44.3 Å². The fourth-order valence-electron chi connectivity index (χ4n) is 3.93. The molecule has 1 N–H and O–H groups in total. The molecule has 30 heavy (non-hydrogen) atoms. The third-order valence-electron chi connectivity index (χ3n) is 5.59. The van der Waals surface area contributed by atoms with Crippen LogP contribution in [0.3, 0.4) is 0 Å². The van der Waals surface area contributed by atoms with Gasteiger partial charge in [-0.25, -0.2) is 4.79 Å². The molecule has 0 atom stereocenters. The third-order valence-corrected chi connectivity index (χ3v) is 5.59. The van der Waals surface area contributed by atoms with Crippen molar-refractivity contribution < 1.29 is 14.6 Å². The van der Waals surface area contributed by atoms with E-state index in [2.05, 4.69) is 20.2 Å². The molecule has 1 aliphatic rings. The quantitative estimate of drug-likeness (QED) is 0.650. The molecule has 8 nitrogen and oxygen atoms in total. The zero-order valence-electron chi connectivity index (χ0n) is 17.2. The summed E-state index contributed by atoms with van der Waals surface area (Å²) < 4.78 is 7.17. The maximum atomic E-state index is 12.9. The zero-order valence-corrected chi connectivity index (χ0v) is 17.2. The summed E-state index contributed by atoms with van der Waals surface area (Å²) in [5.74, 6) is -0.0755. The van der Waals surface area contributed by atoms with Gasteiger partial charge in [0, 0.05) is 37.7 Å². The number of phenolic OH excluding ortho intramolecular Hbond substituents is 1. The van der Waals surface area contributed by atoms with Gasteiger partial charge < -0.3 is 14.7 Å². The molecule has 1 fully saturated rings. The van der Waals surface area contributed by atoms with Gasteiger partial charge in [0.2, 0.25) is 0 Å². The van der Waals surface area contributed by atoms with Crippen LogP contribution >= 0.6 is 0 Å². The number of ether oxygens (including phenoxy) is 1. The van der Waals surface area contributed by atoms with Crippen LogP contribution in [0.4, 0.5) is 5.69 Å². The van der Waals surface area contributed by atoms with E-state index in [0.717, 1.165) is 11.4 Å². The van der Waals surface area contributed by atoms with Crippen LogP contribution in [0.25, 0.3) is 11.3 Å². The lowest BCUT2D eigenvalue weighted by molar-refractivity contribution is -0.156. The number of carbonyl (C=O) groups excluding carboxylic acids is 1. The summed E-state index contributed by atoms with van der Waals surface area (Å²) in [6.45, 7) is 5.35. The number of aryl methyl sites for hydroxylation is 1. The summed E-state index contributed by atoms with van der Waals surface area (Å²) in [5.41, 5.74) is 2.21. The Hall–Kier alpha value is -3.42. The van der Waals surface area contributed by atoms with Gasteiger partial charge in [0.25, 0.3) is 0 Å². The number of hydrogen-bond acceptors (Lipinski definition) is 7. The van der Waals surface area contributed by atoms with E-state index >= 15 is 0 Å². The molecule has 0 spiro atoms. The number of benzene rings is 1. The van der Waals surface area contributed by atoms with Gasteiger partial charge in [-0.15, -0.1) is 0 Å². The van der Waals surface area contributed by atoms with Crippen molar-refractivity contribution in [1.82, 2.24) is 20.0 Å². The summed E-state index contributed by atoms with van der Waals surface area (Å²) in [6.07, 6.45) is 4.70. The van der Waals surface area contributed by atoms with Crippen LogP contribution in [0.5, 0.6) is 5.75 Å². The number of carbonyl (C=O) groups is 1. The molecule has 4 rings (SSSR count). The number of hydrogen-bond donors (Lipinski definition) is 1. The second-order valence-electron chi connectivity index (χ2n) is 7.46. The van der Waals surface area contributed by atoms with Crippen LogP contribution in [0.1, 0.15) is 25.5 Å². The molecule has 3 aromatic rings. The summed E-state index contributed by atoms with van der Waals surface area (Å²) in [4.78, 5) is 15.1. The van der Waals surface area contributed by atoms with Crippen molar-refractivity contribution in [2.75, 3.05) is 24.6 Å². The van der Waals surface area contributed by atoms with Crippen molar-refractivity contribution >= 4 is 11.7 Å². The number of aromatic hydroxyl groups is 1. The molecule has 0 aliphatic carbocycles. The van der Waals surface area contributed by atoms with Gasteiger partial charge in [0.05, 0.1) is 29.9 Å². The smallest absolute Gasteiger partial charge is 0.334 e. The summed E-state index contributed by atoms with van der Waals surface area (Å²) >= 11 is 0. The Kier molecular flexibility index (Phi) is 5.39. The first-order valence-electron chi connectivity index (χ1n) is 10.1. The van der Waals surface area contributed by atoms with E-state index in [-0.39, 0.29) is 11.7 Å². The van der Waals surface area contributed by atoms with Gasteiger partial charge in [-0.3, -0.25) is 4.68 Å². The van der Waals surface area contributed by atoms with Gasteiger partial charge in [-0.2, -0.15) is 15.3 Å². The van der Waals surface area contributed by atoms with Gasteiger partial charge in [0.1, 0.15) is 5.75 Å². The van der Waals surface area contributed by atoms with Crippen molar-refractivity contribution in [3.8, 4) is 17.0 Å². The molecule has 1 aliphatic heterocycles. The highest BCUT2D eigenvalue weighted by molar-refractivity contribution is 5.79. The van der Waals surface area contributed by atoms with Gasteiger partial charge in [-0.05, 0) is 38.1 Å². The first kappa shape index (κ1) is 19.9. The molecule has 0 bridgehead atoms. The largest absolute Gasteiger partial charge is 0.507 e. The number of rotatable bonds is 5. The number of nitrogens with zero attached hydrogens (tertiary/aromatic N) is 5. The number of anilines is 1. The Balaban J connectivity index is 1.58. The highest BCUT2D eigenvalue weighted by Gasteiger charge is 2.45. The molecule has 1 aromatic carbocycles. The number of para-hydroxylation sites is 1. The zero-order chi connectivity index (χ0) is 21.1. The SMILES string of the molecule is CCOC(=O)C1(n2ccc(C)n2)CCN(c2cnnc(-c3ccccc3O)c2)CC1. The second kappa shape index (κ2) is 8.14. The Bertz CT molecular complexity index is 1040. The summed E-state index contributed by atoms with van der Waals surface area (Å²) in [5, 5.41) is 22.9. The Morgan fingerprint density at radius 2 is 2.00 bits per heavy atom. The van der Waals surface area contributed by atoms with E-state index in [9.17, 15) is 9.90 Å². The third kappa shape index (κ3) is 3.60. The van der Waals surface area contributed by atoms with Gasteiger partial charge in [-0.1, -0.05) is 12.1 Å². The van der Waals surface area contributed by atoms with Crippen LogP contribution < -0.4 is 4.90 Å². The van der Waals surface area contributed by atoms with E-state index < -0.39 is 5.54 Å². The fraction of sp³-hybridized carbons (Fsp3) is 0.364. The van der Waals surface area contributed by atoms with Crippen molar-refractivity contribution in [3.05, 3.63) is 54.5 Å². The minimum atomic E-state index is -0.804. The molecule has 2 aromatic heterocycles. The Labute approximate surface area is 175 Å². The number of piperidine rings is 1. The monoisotopic (exact) mass is 407 g/mol. The first-order chi connectivity index (χ1) is 14.5. The standard InChI is InChI=1S/C22H25N5O3/c1-3-30-21(29)22(27-11-8-16(2)25-27)9-12-26(13-10-22)17-14-19(24-23-15-17)18-6-4-5-7-20(18)28/h4-8,11,14-15,28H,3,9-10,12-13H2,1-2H3. The summed E-state index contributed by atoms with van der Waals surface area (Å²) in [6, 6.07) is 10.9. The van der Waals surface area contributed by atoms with Crippen molar-refractivity contribution in [3.63, 3.8) is 0 Å². The van der Waals surface area contributed by atoms with Crippen LogP contribution in [0, 0.1) is 6.92 Å². The van der Waals surface area contributed by atoms with Crippen LogP contribution in [-0.4, -0.2) is 50.8 Å². The molecule has 0 radical (unpaired) electrons. The molecule has 156 valence electrons. The average Bonchev–Trinajstić information content (AvgIpc) is 3.21. The van der Waals surface area contributed by atoms with E-state index in [1.54, 1.807) is 23.0 Å². The summed E-state index contributed by atoms with van der Waals surface area (Å²) in [7, 11) is 0. The topological polar surface area (TPSA) is 93.4 Å². The fourth-order valence-corrected chi connectivity index (χ4v) is 3.93. The molecule has 8 heteroatoms. The van der Waals surface area contributed by atoms with E-state index in [1.165, 1.54) is 0 Å². The molecule has 0 amide bonds. The Morgan fingerprint density at radius 1 is 1.23 bits per heavy atom. The minimum absolute atomic E-state index is 0.165. The maximum Gasteiger partial charge on any atom is 0.334 e. The predicted octanol–water partition coefficient (Wildman–Crippen LogP) is 2.91. The Morgan fingerprint density at radius 3 is 2.67 bits per heavy atom. The molecule has 1 saturated heterocycles. The lowest BCUT2D eigenvalue weighted by Gasteiger charge is -2.40. The number of phenols is 1. The first-order valence-corrected chi connectivity index (χ1v) is 10.1. The second-order valence-corrected chi connectivity index (χ2v) is 7.46. The number of esters is 1. The van der Waals surface area contributed by atoms with Crippen molar-refractivity contribution in [2.45, 2.75) is 32.2 Å². The minimum Gasteiger partial charge on any atom is -0.507 e. The highest BCUT2D eigenvalue weighted by Crippen LogP contribution is 2.35. The average molecular weight is 407 g/mol. The van der Waals surface area contributed by atoms with Crippen molar-refractivity contribution in [1.29, 1.82) is 0 Å². The van der Waals surface area contributed by atoms with Crippen LogP contribution in [0.2, 0.25) is 0 Å².